The molecular formula is C23H21ClF3N3O2S. The smallest absolute Gasteiger partial charge is 0.394 e. The normalized spacial score (nSPS) is 17.0. The maximum absolute atomic E-state index is 13.9. The van der Waals surface area contributed by atoms with Crippen LogP contribution in [0.3, 0.4) is 0 Å². The van der Waals surface area contributed by atoms with Crippen molar-refractivity contribution in [2.24, 2.45) is 0 Å². The molecule has 0 radical (unpaired) electrons. The quantitative estimate of drug-likeness (QED) is 0.476. The second kappa shape index (κ2) is 8.96. The van der Waals surface area contributed by atoms with Crippen LogP contribution in [0.4, 0.5) is 13.2 Å². The number of thiophene rings is 1. The molecule has 1 amide bonds. The summed E-state index contributed by atoms with van der Waals surface area (Å²) in [6.07, 6.45) is -2.14. The molecule has 0 aliphatic carbocycles. The van der Waals surface area contributed by atoms with Gasteiger partial charge < -0.3 is 10.0 Å². The Morgan fingerprint density at radius 2 is 2.09 bits per heavy atom. The zero-order valence-corrected chi connectivity index (χ0v) is 19.2. The lowest BCUT2D eigenvalue weighted by Gasteiger charge is -2.33. The molecule has 0 saturated carbocycles. The van der Waals surface area contributed by atoms with Crippen LogP contribution in [0.1, 0.15) is 40.6 Å². The molecule has 4 rings (SSSR count). The van der Waals surface area contributed by atoms with Gasteiger partial charge in [-0.1, -0.05) is 42.4 Å². The highest BCUT2D eigenvalue weighted by Gasteiger charge is 2.39. The van der Waals surface area contributed by atoms with E-state index < -0.39 is 17.9 Å². The van der Waals surface area contributed by atoms with E-state index in [2.05, 4.69) is 11.7 Å². The Balaban J connectivity index is 1.89. The van der Waals surface area contributed by atoms with Gasteiger partial charge >= 0.3 is 6.18 Å². The Morgan fingerprint density at radius 1 is 1.36 bits per heavy atom. The maximum atomic E-state index is 13.9. The van der Waals surface area contributed by atoms with Crippen LogP contribution >= 0.6 is 22.9 Å². The lowest BCUT2D eigenvalue weighted by molar-refractivity contribution is -0.141. The third kappa shape index (κ3) is 4.45. The van der Waals surface area contributed by atoms with Crippen molar-refractivity contribution in [3.8, 4) is 11.1 Å². The van der Waals surface area contributed by atoms with Gasteiger partial charge in [0.15, 0.2) is 5.69 Å². The van der Waals surface area contributed by atoms with Crippen LogP contribution in [-0.2, 0) is 17.5 Å². The second-order valence-corrected chi connectivity index (χ2v) is 9.66. The van der Waals surface area contributed by atoms with Crippen molar-refractivity contribution in [2.75, 3.05) is 13.2 Å². The molecule has 0 saturated heterocycles. The number of hydrogen-bond acceptors (Lipinski definition) is 4. The molecule has 3 aromatic rings. The number of rotatable bonds is 5. The van der Waals surface area contributed by atoms with E-state index in [1.54, 1.807) is 36.1 Å². The molecule has 1 aliphatic rings. The molecular weight excluding hydrogens is 475 g/mol. The summed E-state index contributed by atoms with van der Waals surface area (Å²) < 4.78 is 43.5. The fourth-order valence-electron chi connectivity index (χ4n) is 4.10. The first-order valence-electron chi connectivity index (χ1n) is 10.2. The fourth-order valence-corrected chi connectivity index (χ4v) is 5.46. The minimum absolute atomic E-state index is 0.0755. The molecule has 2 atom stereocenters. The fraction of sp³-hybridized carbons (Fsp3) is 0.304. The number of carbonyl (C=O) groups is 1. The summed E-state index contributed by atoms with van der Waals surface area (Å²) in [6, 6.07) is 8.02. The first-order valence-corrected chi connectivity index (χ1v) is 11.4. The van der Waals surface area contributed by atoms with Crippen molar-refractivity contribution in [3.63, 3.8) is 0 Å². The van der Waals surface area contributed by atoms with Crippen molar-refractivity contribution in [1.29, 1.82) is 0 Å². The molecule has 0 fully saturated rings. The van der Waals surface area contributed by atoms with Gasteiger partial charge in [-0.25, -0.2) is 0 Å². The van der Waals surface area contributed by atoms with Crippen LogP contribution in [0.25, 0.3) is 11.1 Å². The molecule has 1 unspecified atom stereocenters. The van der Waals surface area contributed by atoms with Gasteiger partial charge in [0.05, 0.1) is 23.5 Å². The highest BCUT2D eigenvalue weighted by molar-refractivity contribution is 7.16. The number of aliphatic hydroxyl groups is 1. The number of aliphatic hydroxyl groups excluding tert-OH is 1. The highest BCUT2D eigenvalue weighted by atomic mass is 35.5. The Morgan fingerprint density at radius 3 is 2.76 bits per heavy atom. The summed E-state index contributed by atoms with van der Waals surface area (Å²) in [5.41, 5.74) is 0.807. The average Bonchev–Trinajstić information content (AvgIpc) is 3.40. The third-order valence-corrected chi connectivity index (χ3v) is 7.02. The van der Waals surface area contributed by atoms with Gasteiger partial charge in [0, 0.05) is 29.1 Å². The summed E-state index contributed by atoms with van der Waals surface area (Å²) in [7, 11) is 0. The first kappa shape index (κ1) is 23.5. The molecule has 5 nitrogen and oxygen atoms in total. The minimum Gasteiger partial charge on any atom is -0.394 e. The van der Waals surface area contributed by atoms with Crippen LogP contribution in [0.5, 0.6) is 0 Å². The van der Waals surface area contributed by atoms with E-state index in [1.807, 2.05) is 6.07 Å². The van der Waals surface area contributed by atoms with Gasteiger partial charge in [0.25, 0.3) is 0 Å². The number of benzene rings is 1. The number of carbonyl (C=O) groups excluding carboxylic acids is 1. The Labute approximate surface area is 197 Å². The zero-order valence-electron chi connectivity index (χ0n) is 17.6. The van der Waals surface area contributed by atoms with Crippen molar-refractivity contribution >= 4 is 28.8 Å². The number of fused-ring (bicyclic) bond motifs is 1. The zero-order chi connectivity index (χ0) is 23.9. The minimum atomic E-state index is -4.68. The van der Waals surface area contributed by atoms with E-state index >= 15 is 0 Å². The van der Waals surface area contributed by atoms with Crippen molar-refractivity contribution in [3.05, 3.63) is 75.2 Å². The Kier molecular flexibility index (Phi) is 6.39. The molecule has 0 bridgehead atoms. The van der Waals surface area contributed by atoms with Crippen molar-refractivity contribution in [2.45, 2.75) is 31.6 Å². The van der Waals surface area contributed by atoms with Crippen LogP contribution in [-0.4, -0.2) is 38.8 Å². The number of alkyl halides is 3. The summed E-state index contributed by atoms with van der Waals surface area (Å²) in [5, 5.41) is 13.2. The highest BCUT2D eigenvalue weighted by Crippen LogP contribution is 2.45. The second-order valence-electron chi connectivity index (χ2n) is 7.89. The van der Waals surface area contributed by atoms with Crippen molar-refractivity contribution in [1.82, 2.24) is 14.7 Å². The summed E-state index contributed by atoms with van der Waals surface area (Å²) in [6.45, 7) is 5.45. The molecule has 1 N–H and O–H groups in total. The molecule has 1 aromatic carbocycles. The number of halogens is 4. The Hall–Kier alpha value is -2.62. The summed E-state index contributed by atoms with van der Waals surface area (Å²) in [5.74, 6) is -0.634. The molecule has 3 heterocycles. The SMILES string of the molecule is C=CC(=O)N1Cc2sc(Cl)cc2[C@H](c2ccccc2-c2cn(C(C)CO)nc2C(F)(F)F)C1. The summed E-state index contributed by atoms with van der Waals surface area (Å²) >= 11 is 7.62. The summed E-state index contributed by atoms with van der Waals surface area (Å²) in [4.78, 5) is 14.9. The lowest BCUT2D eigenvalue weighted by atomic mass is 9.84. The topological polar surface area (TPSA) is 58.4 Å². The van der Waals surface area contributed by atoms with Crippen molar-refractivity contribution < 1.29 is 23.1 Å². The average molecular weight is 496 g/mol. The number of amides is 1. The van der Waals surface area contributed by atoms with Gasteiger partial charge in [-0.05, 0) is 35.8 Å². The monoisotopic (exact) mass is 495 g/mol. The van der Waals surface area contributed by atoms with E-state index in [1.165, 1.54) is 23.6 Å². The van der Waals surface area contributed by atoms with Crippen LogP contribution < -0.4 is 0 Å². The largest absolute Gasteiger partial charge is 0.435 e. The predicted molar refractivity (Wildman–Crippen MR) is 121 cm³/mol. The van der Waals surface area contributed by atoms with E-state index in [4.69, 9.17) is 11.6 Å². The van der Waals surface area contributed by atoms with E-state index in [-0.39, 0.29) is 30.5 Å². The molecule has 0 spiro atoms. The number of nitrogens with zero attached hydrogens (tertiary/aromatic N) is 3. The first-order chi connectivity index (χ1) is 15.6. The van der Waals surface area contributed by atoms with E-state index in [0.717, 1.165) is 15.1 Å². The Bertz CT molecular complexity index is 1200. The van der Waals surface area contributed by atoms with Crippen LogP contribution in [0.2, 0.25) is 4.34 Å². The lowest BCUT2D eigenvalue weighted by Crippen LogP contribution is -2.37. The van der Waals surface area contributed by atoms with Crippen LogP contribution in [0.15, 0.2) is 49.2 Å². The molecule has 174 valence electrons. The van der Waals surface area contributed by atoms with Crippen LogP contribution in [0, 0.1) is 0 Å². The number of aromatic nitrogens is 2. The molecule has 1 aliphatic heterocycles. The van der Waals surface area contributed by atoms with E-state index in [0.29, 0.717) is 22.0 Å². The van der Waals surface area contributed by atoms with Gasteiger partial charge in [0.2, 0.25) is 5.91 Å². The van der Waals surface area contributed by atoms with Gasteiger partial charge in [-0.3, -0.25) is 9.48 Å². The molecule has 10 heteroatoms. The van der Waals surface area contributed by atoms with Gasteiger partial charge in [-0.2, -0.15) is 18.3 Å². The maximum Gasteiger partial charge on any atom is 0.435 e. The van der Waals surface area contributed by atoms with E-state index in [9.17, 15) is 23.1 Å². The third-order valence-electron chi connectivity index (χ3n) is 5.75. The van der Waals surface area contributed by atoms with Gasteiger partial charge in [-0.15, -0.1) is 11.3 Å². The molecule has 33 heavy (non-hydrogen) atoms. The van der Waals surface area contributed by atoms with Gasteiger partial charge in [0.1, 0.15) is 0 Å². The standard InChI is InChI=1S/C23H21ClF3N3O2S/c1-3-21(32)29-9-17(16-8-20(24)33-19(16)11-29)14-6-4-5-7-15(14)18-10-30(13(2)12-31)28-22(18)23(25,26)27/h3-8,10,13,17,31H,1,9,11-12H2,2H3/t13?,17-/m0/s1. The predicted octanol–water partition coefficient (Wildman–Crippen LogP) is 5.50. The molecule has 2 aromatic heterocycles. The number of hydrogen-bond donors (Lipinski definition) is 1.